The Kier molecular flexibility index (Phi) is 5.12. The van der Waals surface area contributed by atoms with Crippen LogP contribution in [0.4, 0.5) is 0 Å². The highest BCUT2D eigenvalue weighted by Crippen LogP contribution is 2.32. The van der Waals surface area contributed by atoms with Gasteiger partial charge in [-0.2, -0.15) is 0 Å². The second-order valence-corrected chi connectivity index (χ2v) is 7.42. The maximum atomic E-state index is 12.9. The lowest BCUT2D eigenvalue weighted by Crippen LogP contribution is -2.48. The van der Waals surface area contributed by atoms with Crippen molar-refractivity contribution in [2.45, 2.75) is 46.2 Å². The molecule has 1 aliphatic rings. The summed E-state index contributed by atoms with van der Waals surface area (Å²) in [6, 6.07) is 7.58. The van der Waals surface area contributed by atoms with Crippen LogP contribution in [0.15, 0.2) is 24.3 Å². The normalized spacial score (nSPS) is 19.3. The Morgan fingerprint density at radius 1 is 1.36 bits per heavy atom. The number of hydrogen-bond acceptors (Lipinski definition) is 3. The first-order valence-electron chi connectivity index (χ1n) is 8.06. The highest BCUT2D eigenvalue weighted by molar-refractivity contribution is 5.84. The van der Waals surface area contributed by atoms with Gasteiger partial charge in [-0.1, -0.05) is 32.0 Å². The molecule has 1 aromatic carbocycles. The Morgan fingerprint density at radius 3 is 2.68 bits per heavy atom. The largest absolute Gasteiger partial charge is 0.492 e. The van der Waals surface area contributed by atoms with Gasteiger partial charge in [0, 0.05) is 24.2 Å². The van der Waals surface area contributed by atoms with Gasteiger partial charge in [0.2, 0.25) is 5.91 Å². The zero-order valence-corrected chi connectivity index (χ0v) is 14.3. The molecule has 1 aromatic rings. The molecule has 0 aromatic heterocycles. The average Bonchev–Trinajstić information content (AvgIpc) is 2.54. The van der Waals surface area contributed by atoms with Crippen molar-refractivity contribution in [3.8, 4) is 5.75 Å². The van der Waals surface area contributed by atoms with Crippen molar-refractivity contribution in [1.82, 2.24) is 10.2 Å². The van der Waals surface area contributed by atoms with Crippen molar-refractivity contribution in [1.29, 1.82) is 0 Å². The van der Waals surface area contributed by atoms with Crippen LogP contribution in [0.2, 0.25) is 0 Å². The van der Waals surface area contributed by atoms with Gasteiger partial charge in [-0.15, -0.1) is 0 Å². The summed E-state index contributed by atoms with van der Waals surface area (Å²) in [5.41, 5.74) is 0.713. The van der Waals surface area contributed by atoms with Gasteiger partial charge >= 0.3 is 0 Å². The zero-order chi connectivity index (χ0) is 16.3. The topological polar surface area (TPSA) is 41.6 Å². The summed E-state index contributed by atoms with van der Waals surface area (Å²) in [6.07, 6.45) is 0. The molecule has 1 atom stereocenters. The van der Waals surface area contributed by atoms with Crippen LogP contribution in [0.1, 0.15) is 46.2 Å². The summed E-state index contributed by atoms with van der Waals surface area (Å²) in [6.45, 7) is 12.6. The molecule has 122 valence electrons. The Balaban J connectivity index is 2.37. The van der Waals surface area contributed by atoms with E-state index < -0.39 is 0 Å². The monoisotopic (exact) mass is 304 g/mol. The fourth-order valence-electron chi connectivity index (χ4n) is 2.85. The number of nitrogens with one attached hydrogen (secondary N) is 1. The Labute approximate surface area is 133 Å². The van der Waals surface area contributed by atoms with Gasteiger partial charge in [0.05, 0.1) is 0 Å². The smallest absolute Gasteiger partial charge is 0.242 e. The fourth-order valence-corrected chi connectivity index (χ4v) is 2.85. The number of hydrogen-bond donors (Lipinski definition) is 1. The van der Waals surface area contributed by atoms with Crippen LogP contribution in [0.25, 0.3) is 0 Å². The number of carbonyl (C=O) groups excluding carboxylic acids is 1. The van der Waals surface area contributed by atoms with Gasteiger partial charge in [-0.3, -0.25) is 9.69 Å². The van der Waals surface area contributed by atoms with Gasteiger partial charge in [-0.25, -0.2) is 0 Å². The fraction of sp³-hybridized carbons (Fsp3) is 0.611. The van der Waals surface area contributed by atoms with Crippen LogP contribution in [0.5, 0.6) is 5.75 Å². The molecular weight excluding hydrogens is 276 g/mol. The van der Waals surface area contributed by atoms with E-state index >= 15 is 0 Å². The van der Waals surface area contributed by atoms with Gasteiger partial charge in [0.1, 0.15) is 18.4 Å². The Morgan fingerprint density at radius 2 is 2.05 bits per heavy atom. The molecule has 2 rings (SSSR count). The molecule has 1 aliphatic heterocycles. The van der Waals surface area contributed by atoms with Crippen LogP contribution in [-0.2, 0) is 4.79 Å². The third-order valence-electron chi connectivity index (χ3n) is 3.56. The first kappa shape index (κ1) is 16.8. The first-order valence-corrected chi connectivity index (χ1v) is 8.06. The molecule has 0 spiro atoms. The lowest BCUT2D eigenvalue weighted by atomic mass is 10.00. The van der Waals surface area contributed by atoms with E-state index in [4.69, 9.17) is 4.74 Å². The quantitative estimate of drug-likeness (QED) is 0.933. The molecule has 1 unspecified atom stereocenters. The van der Waals surface area contributed by atoms with Crippen molar-refractivity contribution < 1.29 is 9.53 Å². The lowest BCUT2D eigenvalue weighted by Gasteiger charge is -2.32. The summed E-state index contributed by atoms with van der Waals surface area (Å²) in [5.74, 6) is 1.36. The third-order valence-corrected chi connectivity index (χ3v) is 3.56. The maximum Gasteiger partial charge on any atom is 0.242 e. The van der Waals surface area contributed by atoms with Gasteiger partial charge < -0.3 is 10.1 Å². The number of nitrogens with zero attached hydrogens (tertiary/aromatic N) is 1. The highest BCUT2D eigenvalue weighted by atomic mass is 16.5. The van der Waals surface area contributed by atoms with E-state index in [0.717, 1.165) is 24.4 Å². The van der Waals surface area contributed by atoms with E-state index in [2.05, 4.69) is 24.1 Å². The minimum atomic E-state index is -0.291. The van der Waals surface area contributed by atoms with Crippen molar-refractivity contribution in [2.24, 2.45) is 5.92 Å². The first-order chi connectivity index (χ1) is 10.3. The average molecular weight is 304 g/mol. The van der Waals surface area contributed by atoms with Crippen LogP contribution in [-0.4, -0.2) is 36.0 Å². The Bertz CT molecular complexity index is 520. The van der Waals surface area contributed by atoms with Crippen LogP contribution in [0, 0.1) is 5.92 Å². The second kappa shape index (κ2) is 6.69. The molecular formula is C18H28N2O2. The Hall–Kier alpha value is -1.55. The van der Waals surface area contributed by atoms with Crippen LogP contribution in [0.3, 0.4) is 0 Å². The predicted molar refractivity (Wildman–Crippen MR) is 89.0 cm³/mol. The summed E-state index contributed by atoms with van der Waals surface area (Å²) >= 11 is 0. The van der Waals surface area contributed by atoms with E-state index in [1.807, 2.05) is 45.0 Å². The molecule has 0 radical (unpaired) electrons. The second-order valence-electron chi connectivity index (χ2n) is 7.42. The number of carbonyl (C=O) groups is 1. The standard InChI is InChI=1S/C18H28N2O2/c1-13(2)12-20-10-11-22-15-9-7-6-8-14(15)16(20)17(21)19-18(3,4)5/h6-9,13,16H,10-12H2,1-5H3,(H,19,21). The molecule has 1 amide bonds. The number of ether oxygens (including phenoxy) is 1. The number of benzene rings is 1. The molecule has 4 nitrogen and oxygen atoms in total. The predicted octanol–water partition coefficient (Wildman–Crippen LogP) is 2.99. The number of rotatable bonds is 3. The molecule has 0 saturated carbocycles. The zero-order valence-electron chi connectivity index (χ0n) is 14.3. The minimum Gasteiger partial charge on any atom is -0.492 e. The molecule has 1 heterocycles. The molecule has 22 heavy (non-hydrogen) atoms. The van der Waals surface area contributed by atoms with Crippen LogP contribution < -0.4 is 10.1 Å². The third kappa shape index (κ3) is 4.23. The van der Waals surface area contributed by atoms with E-state index in [1.165, 1.54) is 0 Å². The minimum absolute atomic E-state index is 0.0473. The molecule has 0 bridgehead atoms. The molecule has 0 fully saturated rings. The maximum absolute atomic E-state index is 12.9. The van der Waals surface area contributed by atoms with Gasteiger partial charge in [0.15, 0.2) is 0 Å². The van der Waals surface area contributed by atoms with Crippen molar-refractivity contribution >= 4 is 5.91 Å². The van der Waals surface area contributed by atoms with E-state index in [-0.39, 0.29) is 17.5 Å². The SMILES string of the molecule is CC(C)CN1CCOc2ccccc2C1C(=O)NC(C)(C)C. The summed E-state index contributed by atoms with van der Waals surface area (Å²) < 4.78 is 5.85. The molecule has 1 N–H and O–H groups in total. The van der Waals surface area contributed by atoms with E-state index in [9.17, 15) is 4.79 Å². The van der Waals surface area contributed by atoms with E-state index in [1.54, 1.807) is 0 Å². The number of para-hydroxylation sites is 1. The molecule has 0 saturated heterocycles. The van der Waals surface area contributed by atoms with Crippen LogP contribution >= 0.6 is 0 Å². The summed E-state index contributed by atoms with van der Waals surface area (Å²) in [4.78, 5) is 15.1. The van der Waals surface area contributed by atoms with Gasteiger partial charge in [0.25, 0.3) is 0 Å². The summed E-state index contributed by atoms with van der Waals surface area (Å²) in [7, 11) is 0. The molecule has 4 heteroatoms. The van der Waals surface area contributed by atoms with Crippen molar-refractivity contribution in [3.05, 3.63) is 29.8 Å². The van der Waals surface area contributed by atoms with E-state index in [0.29, 0.717) is 12.5 Å². The molecule has 0 aliphatic carbocycles. The number of amides is 1. The lowest BCUT2D eigenvalue weighted by molar-refractivity contribution is -0.128. The van der Waals surface area contributed by atoms with Gasteiger partial charge in [-0.05, 0) is 32.8 Å². The highest BCUT2D eigenvalue weighted by Gasteiger charge is 2.34. The number of fused-ring (bicyclic) bond motifs is 1. The van der Waals surface area contributed by atoms with Crippen molar-refractivity contribution in [3.63, 3.8) is 0 Å². The summed E-state index contributed by atoms with van der Waals surface area (Å²) in [5, 5.41) is 3.12. The van der Waals surface area contributed by atoms with Crippen molar-refractivity contribution in [2.75, 3.05) is 19.7 Å².